The molecule has 0 amide bonds. The highest BCUT2D eigenvalue weighted by Crippen LogP contribution is 2.19. The third-order valence-corrected chi connectivity index (χ3v) is 5.76. The smallest absolute Gasteiger partial charge is 0.241 e. The van der Waals surface area contributed by atoms with Crippen molar-refractivity contribution >= 4 is 40.0 Å². The molecule has 9 heteroatoms. The second-order valence-corrected chi connectivity index (χ2v) is 9.17. The van der Waals surface area contributed by atoms with Crippen LogP contribution in [0.5, 0.6) is 0 Å². The Labute approximate surface area is 179 Å². The number of nitrogens with zero attached hydrogens (tertiary/aromatic N) is 2. The zero-order valence-corrected chi connectivity index (χ0v) is 19.5. The molecule has 0 unspecified atom stereocenters. The number of β-amino-alcohol motifs (C(OH)–C–C–N with tert-alkyl or cyclic N) is 1. The number of rotatable bonds is 5. The van der Waals surface area contributed by atoms with E-state index in [4.69, 9.17) is 0 Å². The molecule has 1 saturated heterocycles. The molecule has 1 heterocycles. The number of sulfonamides is 1. The Hall–Kier alpha value is -0.910. The second-order valence-electron chi connectivity index (χ2n) is 7.52. The quantitative estimate of drug-likeness (QED) is 0.320. The highest BCUT2D eigenvalue weighted by atomic mass is 127. The van der Waals surface area contributed by atoms with Crippen LogP contribution >= 0.6 is 24.0 Å². The van der Waals surface area contributed by atoms with E-state index in [0.717, 1.165) is 6.54 Å². The monoisotopic (exact) mass is 510 g/mol. The molecule has 0 saturated carbocycles. The van der Waals surface area contributed by atoms with E-state index in [9.17, 15) is 13.5 Å². The number of guanidine groups is 1. The average molecular weight is 510 g/mol. The molecule has 2 rings (SSSR count). The fourth-order valence-electron chi connectivity index (χ4n) is 2.87. The molecule has 154 valence electrons. The van der Waals surface area contributed by atoms with Gasteiger partial charge < -0.3 is 15.3 Å². The molecule has 7 nitrogen and oxygen atoms in total. The number of hydrogen-bond acceptors (Lipinski definition) is 4. The van der Waals surface area contributed by atoms with E-state index < -0.39 is 15.6 Å². The van der Waals surface area contributed by atoms with Crippen LogP contribution in [0.25, 0.3) is 0 Å². The maximum Gasteiger partial charge on any atom is 0.241 e. The maximum atomic E-state index is 12.7. The summed E-state index contributed by atoms with van der Waals surface area (Å²) in [6.07, 6.45) is 0.368. The van der Waals surface area contributed by atoms with Crippen molar-refractivity contribution < 1.29 is 13.5 Å². The number of halogens is 1. The molecule has 0 aromatic heterocycles. The van der Waals surface area contributed by atoms with Crippen molar-refractivity contribution in [3.63, 3.8) is 0 Å². The first-order chi connectivity index (χ1) is 12.1. The summed E-state index contributed by atoms with van der Waals surface area (Å²) in [7, 11) is -3.63. The number of likely N-dealkylation sites (tertiary alicyclic amines) is 1. The summed E-state index contributed by atoms with van der Waals surface area (Å²) in [5.41, 5.74) is 0.0786. The molecule has 1 aromatic rings. The summed E-state index contributed by atoms with van der Waals surface area (Å²) in [5, 5.41) is 13.0. The van der Waals surface area contributed by atoms with Crippen LogP contribution in [0, 0.1) is 0 Å². The molecular weight excluding hydrogens is 479 g/mol. The van der Waals surface area contributed by atoms with Crippen LogP contribution in [0.1, 0.15) is 39.7 Å². The Balaban J connectivity index is 0.00000364. The van der Waals surface area contributed by atoms with E-state index in [1.807, 2.05) is 38.7 Å². The Morgan fingerprint density at radius 3 is 2.56 bits per heavy atom. The lowest BCUT2D eigenvalue weighted by Gasteiger charge is -2.22. The number of hydrogen-bond donors (Lipinski definition) is 3. The van der Waals surface area contributed by atoms with Gasteiger partial charge in [0.25, 0.3) is 0 Å². The summed E-state index contributed by atoms with van der Waals surface area (Å²) < 4.78 is 28.1. The molecule has 1 atom stereocenters. The first kappa shape index (κ1) is 24.1. The van der Waals surface area contributed by atoms with E-state index in [0.29, 0.717) is 31.0 Å². The zero-order chi connectivity index (χ0) is 19.4. The van der Waals surface area contributed by atoms with Gasteiger partial charge >= 0.3 is 0 Å². The molecule has 1 fully saturated rings. The highest BCUT2D eigenvalue weighted by molar-refractivity contribution is 14.0. The van der Waals surface area contributed by atoms with Gasteiger partial charge in [-0.05, 0) is 45.7 Å². The normalized spacial score (nSPS) is 18.3. The number of aliphatic hydroxyl groups excluding tert-OH is 1. The minimum absolute atomic E-state index is 0. The van der Waals surface area contributed by atoms with Gasteiger partial charge in [-0.2, -0.15) is 0 Å². The largest absolute Gasteiger partial charge is 0.391 e. The first-order valence-electron chi connectivity index (χ1n) is 8.95. The lowest BCUT2D eigenvalue weighted by atomic mass is 10.1. The highest BCUT2D eigenvalue weighted by Gasteiger charge is 2.25. The molecule has 1 aliphatic rings. The van der Waals surface area contributed by atoms with Gasteiger partial charge in [-0.1, -0.05) is 18.2 Å². The standard InChI is InChI=1S/C18H30N4O3S.HI/c1-5-19-17(22-11-10-15(23)13-22)20-12-14-8-6-7-9-16(14)26(24,25)21-18(2,3)4;/h6-9,15,21,23H,5,10-13H2,1-4H3,(H,19,20);1H/t15-;/m1./s1. The topological polar surface area (TPSA) is 94.0 Å². The van der Waals surface area contributed by atoms with E-state index >= 15 is 0 Å². The summed E-state index contributed by atoms with van der Waals surface area (Å²) in [4.78, 5) is 6.84. The fraction of sp³-hybridized carbons (Fsp3) is 0.611. The molecule has 27 heavy (non-hydrogen) atoms. The fourth-order valence-corrected chi connectivity index (χ4v) is 4.53. The van der Waals surface area contributed by atoms with Crippen molar-refractivity contribution in [2.75, 3.05) is 19.6 Å². The average Bonchev–Trinajstić information content (AvgIpc) is 2.96. The van der Waals surface area contributed by atoms with Gasteiger partial charge in [0.15, 0.2) is 5.96 Å². The third kappa shape index (κ3) is 7.20. The van der Waals surface area contributed by atoms with Crippen LogP contribution in [0.3, 0.4) is 0 Å². The Kier molecular flexibility index (Phi) is 8.97. The summed E-state index contributed by atoms with van der Waals surface area (Å²) in [6, 6.07) is 6.91. The van der Waals surface area contributed by atoms with Crippen LogP contribution in [-0.4, -0.2) is 55.7 Å². The van der Waals surface area contributed by atoms with E-state index in [-0.39, 0.29) is 41.5 Å². The lowest BCUT2D eigenvalue weighted by molar-refractivity contribution is 0.188. The number of aliphatic hydroxyl groups is 1. The molecule has 1 aliphatic heterocycles. The summed E-state index contributed by atoms with van der Waals surface area (Å²) >= 11 is 0. The lowest BCUT2D eigenvalue weighted by Crippen LogP contribution is -2.41. The van der Waals surface area contributed by atoms with Gasteiger partial charge in [-0.25, -0.2) is 18.1 Å². The van der Waals surface area contributed by atoms with Gasteiger partial charge in [0.1, 0.15) is 0 Å². The van der Waals surface area contributed by atoms with Crippen molar-refractivity contribution in [1.82, 2.24) is 14.9 Å². The first-order valence-corrected chi connectivity index (χ1v) is 10.4. The zero-order valence-electron chi connectivity index (χ0n) is 16.4. The molecule has 3 N–H and O–H groups in total. The minimum atomic E-state index is -3.63. The molecule has 1 aromatic carbocycles. The Morgan fingerprint density at radius 2 is 2.00 bits per heavy atom. The van der Waals surface area contributed by atoms with Crippen molar-refractivity contribution in [2.45, 2.75) is 57.2 Å². The van der Waals surface area contributed by atoms with Gasteiger partial charge in [0.05, 0.1) is 17.5 Å². The number of aliphatic imine (C=N–C) groups is 1. The predicted octanol–water partition coefficient (Wildman–Crippen LogP) is 1.91. The van der Waals surface area contributed by atoms with Crippen LogP contribution in [-0.2, 0) is 16.6 Å². The van der Waals surface area contributed by atoms with Crippen LogP contribution in [0.2, 0.25) is 0 Å². The molecular formula is C18H31IN4O3S. The summed E-state index contributed by atoms with van der Waals surface area (Å²) in [6.45, 7) is 9.64. The second kappa shape index (κ2) is 10.0. The minimum Gasteiger partial charge on any atom is -0.391 e. The van der Waals surface area contributed by atoms with Gasteiger partial charge in [-0.3, -0.25) is 0 Å². The van der Waals surface area contributed by atoms with Gasteiger partial charge in [0, 0.05) is 25.2 Å². The van der Waals surface area contributed by atoms with Crippen molar-refractivity contribution in [2.24, 2.45) is 4.99 Å². The van der Waals surface area contributed by atoms with Crippen molar-refractivity contribution in [3.05, 3.63) is 29.8 Å². The molecule has 0 radical (unpaired) electrons. The van der Waals surface area contributed by atoms with E-state index in [2.05, 4.69) is 15.0 Å². The van der Waals surface area contributed by atoms with Crippen LogP contribution in [0.4, 0.5) is 0 Å². The van der Waals surface area contributed by atoms with Gasteiger partial charge in [0.2, 0.25) is 10.0 Å². The third-order valence-electron chi connectivity index (χ3n) is 3.90. The van der Waals surface area contributed by atoms with E-state index in [1.165, 1.54) is 0 Å². The van der Waals surface area contributed by atoms with Gasteiger partial charge in [-0.15, -0.1) is 24.0 Å². The van der Waals surface area contributed by atoms with Crippen molar-refractivity contribution in [1.29, 1.82) is 0 Å². The molecule has 0 aliphatic carbocycles. The van der Waals surface area contributed by atoms with E-state index in [1.54, 1.807) is 18.2 Å². The Bertz CT molecular complexity index is 747. The molecule has 0 bridgehead atoms. The Morgan fingerprint density at radius 1 is 1.33 bits per heavy atom. The van der Waals surface area contributed by atoms with Crippen LogP contribution in [0.15, 0.2) is 34.2 Å². The number of benzene rings is 1. The maximum absolute atomic E-state index is 12.7. The summed E-state index contributed by atoms with van der Waals surface area (Å²) in [5.74, 6) is 0.694. The molecule has 0 spiro atoms. The number of nitrogens with one attached hydrogen (secondary N) is 2. The van der Waals surface area contributed by atoms with Crippen LogP contribution < -0.4 is 10.0 Å². The van der Waals surface area contributed by atoms with Crippen molar-refractivity contribution in [3.8, 4) is 0 Å². The predicted molar refractivity (Wildman–Crippen MR) is 119 cm³/mol. The SMILES string of the molecule is CCNC(=NCc1ccccc1S(=O)(=O)NC(C)(C)C)N1CC[C@@H](O)C1.I.